The van der Waals surface area contributed by atoms with E-state index in [0.717, 1.165) is 12.8 Å². The number of rotatable bonds is 7. The first-order valence-electron chi connectivity index (χ1n) is 6.93. The second kappa shape index (κ2) is 6.36. The van der Waals surface area contributed by atoms with Gasteiger partial charge in [-0.25, -0.2) is 0 Å². The van der Waals surface area contributed by atoms with Crippen LogP contribution in [0.2, 0.25) is 0 Å². The lowest BCUT2D eigenvalue weighted by molar-refractivity contribution is -0.124. The Morgan fingerprint density at radius 3 is 2.47 bits per heavy atom. The maximum Gasteiger partial charge on any atom is 0.235 e. The van der Waals surface area contributed by atoms with Crippen molar-refractivity contribution in [3.05, 3.63) is 0 Å². The first kappa shape index (κ1) is 15.9. The average molecular weight is 267 g/mol. The van der Waals surface area contributed by atoms with Crippen LogP contribution in [0.5, 0.6) is 0 Å². The summed E-state index contributed by atoms with van der Waals surface area (Å²) in [5.74, 6) is 0.135. The van der Waals surface area contributed by atoms with Gasteiger partial charge in [0.2, 0.25) is 5.91 Å². The predicted octanol–water partition coefficient (Wildman–Crippen LogP) is 0.886. The van der Waals surface area contributed by atoms with Gasteiger partial charge in [-0.1, -0.05) is 0 Å². The summed E-state index contributed by atoms with van der Waals surface area (Å²) >= 11 is 0. The van der Waals surface area contributed by atoms with E-state index in [4.69, 9.17) is 0 Å². The van der Waals surface area contributed by atoms with Crippen LogP contribution in [0.15, 0.2) is 0 Å². The van der Waals surface area contributed by atoms with E-state index in [2.05, 4.69) is 11.4 Å². The molecule has 0 bridgehead atoms. The van der Waals surface area contributed by atoms with Gasteiger partial charge in [-0.2, -0.15) is 5.26 Å². The fourth-order valence-corrected chi connectivity index (χ4v) is 2.19. The van der Waals surface area contributed by atoms with Crippen molar-refractivity contribution in [1.29, 1.82) is 5.26 Å². The summed E-state index contributed by atoms with van der Waals surface area (Å²) in [5, 5.41) is 21.5. The van der Waals surface area contributed by atoms with Crippen molar-refractivity contribution in [3.63, 3.8) is 0 Å². The molecule has 1 aliphatic carbocycles. The number of nitrogens with zero attached hydrogens (tertiary/aromatic N) is 2. The highest BCUT2D eigenvalue weighted by atomic mass is 16.3. The van der Waals surface area contributed by atoms with Gasteiger partial charge < -0.3 is 10.4 Å². The Balaban J connectivity index is 2.55. The molecule has 1 saturated carbocycles. The molecule has 2 atom stereocenters. The standard InChI is InChI=1S/C14H25N3O2/c1-10(2)17(7-11(3)18)8-13(19)16-14(4,9-15)12-5-6-12/h10-12,18H,5-8H2,1-4H3,(H,16,19). The summed E-state index contributed by atoms with van der Waals surface area (Å²) < 4.78 is 0. The van der Waals surface area contributed by atoms with Gasteiger partial charge in [-0.3, -0.25) is 9.69 Å². The van der Waals surface area contributed by atoms with Gasteiger partial charge in [0.1, 0.15) is 5.54 Å². The number of amides is 1. The van der Waals surface area contributed by atoms with Gasteiger partial charge in [-0.05, 0) is 46.5 Å². The summed E-state index contributed by atoms with van der Waals surface area (Å²) in [6.45, 7) is 8.14. The average Bonchev–Trinajstić information content (AvgIpc) is 3.11. The molecule has 0 aromatic heterocycles. The fourth-order valence-electron chi connectivity index (χ4n) is 2.19. The monoisotopic (exact) mass is 267 g/mol. The van der Waals surface area contributed by atoms with Crippen LogP contribution in [-0.2, 0) is 4.79 Å². The molecule has 0 heterocycles. The Kier molecular flexibility index (Phi) is 5.33. The Morgan fingerprint density at radius 1 is 1.53 bits per heavy atom. The Bertz CT molecular complexity index is 358. The molecule has 2 unspecified atom stereocenters. The molecule has 1 amide bonds. The first-order chi connectivity index (χ1) is 8.78. The van der Waals surface area contributed by atoms with Crippen molar-refractivity contribution in [1.82, 2.24) is 10.2 Å². The SMILES string of the molecule is CC(O)CN(CC(=O)NC(C)(C#N)C1CC1)C(C)C. The van der Waals surface area contributed by atoms with E-state index in [9.17, 15) is 15.2 Å². The number of hydrogen-bond acceptors (Lipinski definition) is 4. The molecule has 0 saturated heterocycles. The summed E-state index contributed by atoms with van der Waals surface area (Å²) in [6, 6.07) is 2.39. The number of aliphatic hydroxyl groups is 1. The number of carbonyl (C=O) groups excluding carboxylic acids is 1. The van der Waals surface area contributed by atoms with Gasteiger partial charge in [0.25, 0.3) is 0 Å². The summed E-state index contributed by atoms with van der Waals surface area (Å²) in [7, 11) is 0. The van der Waals surface area contributed by atoms with Crippen LogP contribution in [0.1, 0.15) is 40.5 Å². The lowest BCUT2D eigenvalue weighted by Gasteiger charge is -2.29. The Labute approximate surface area is 115 Å². The molecule has 5 heteroatoms. The summed E-state index contributed by atoms with van der Waals surface area (Å²) in [6.07, 6.45) is 1.54. The van der Waals surface area contributed by atoms with E-state index in [-0.39, 0.29) is 24.4 Å². The molecule has 1 rings (SSSR count). The molecule has 5 nitrogen and oxygen atoms in total. The van der Waals surface area contributed by atoms with Gasteiger partial charge in [0.05, 0.1) is 18.7 Å². The Morgan fingerprint density at radius 2 is 2.11 bits per heavy atom. The van der Waals surface area contributed by atoms with Gasteiger partial charge in [-0.15, -0.1) is 0 Å². The van der Waals surface area contributed by atoms with Crippen molar-refractivity contribution in [2.24, 2.45) is 5.92 Å². The lowest BCUT2D eigenvalue weighted by Crippen LogP contribution is -2.51. The second-order valence-electron chi connectivity index (χ2n) is 6.01. The molecule has 19 heavy (non-hydrogen) atoms. The number of aliphatic hydroxyl groups excluding tert-OH is 1. The van der Waals surface area contributed by atoms with Crippen molar-refractivity contribution in [2.75, 3.05) is 13.1 Å². The van der Waals surface area contributed by atoms with Crippen LogP contribution in [0, 0.1) is 17.2 Å². The molecular weight excluding hydrogens is 242 g/mol. The van der Waals surface area contributed by atoms with Gasteiger partial charge in [0, 0.05) is 12.6 Å². The molecule has 2 N–H and O–H groups in total. The predicted molar refractivity (Wildman–Crippen MR) is 73.3 cm³/mol. The van der Waals surface area contributed by atoms with Gasteiger partial charge in [0.15, 0.2) is 0 Å². The minimum Gasteiger partial charge on any atom is -0.392 e. The van der Waals surface area contributed by atoms with Crippen molar-refractivity contribution in [3.8, 4) is 6.07 Å². The molecule has 0 radical (unpaired) electrons. The van der Waals surface area contributed by atoms with Crippen LogP contribution in [0.25, 0.3) is 0 Å². The highest BCUT2D eigenvalue weighted by Gasteiger charge is 2.43. The third-order valence-corrected chi connectivity index (χ3v) is 3.60. The van der Waals surface area contributed by atoms with E-state index < -0.39 is 11.6 Å². The number of nitrogens with one attached hydrogen (secondary N) is 1. The molecule has 0 aromatic rings. The molecule has 0 spiro atoms. The van der Waals surface area contributed by atoms with Crippen molar-refractivity contribution < 1.29 is 9.90 Å². The quantitative estimate of drug-likeness (QED) is 0.718. The maximum absolute atomic E-state index is 12.1. The lowest BCUT2D eigenvalue weighted by atomic mass is 9.98. The molecular formula is C14H25N3O2. The number of carbonyl (C=O) groups is 1. The third kappa shape index (κ3) is 4.81. The van der Waals surface area contributed by atoms with E-state index in [1.165, 1.54) is 0 Å². The minimum absolute atomic E-state index is 0.148. The van der Waals surface area contributed by atoms with Crippen LogP contribution < -0.4 is 5.32 Å². The van der Waals surface area contributed by atoms with Crippen LogP contribution in [-0.4, -0.2) is 46.7 Å². The first-order valence-corrected chi connectivity index (χ1v) is 6.93. The molecule has 108 valence electrons. The summed E-state index contributed by atoms with van der Waals surface area (Å²) in [5.41, 5.74) is -0.745. The maximum atomic E-state index is 12.1. The molecule has 0 aliphatic heterocycles. The Hall–Kier alpha value is -1.12. The van der Waals surface area contributed by atoms with E-state index in [1.54, 1.807) is 13.8 Å². The zero-order valence-corrected chi connectivity index (χ0v) is 12.3. The van der Waals surface area contributed by atoms with Crippen LogP contribution in [0.4, 0.5) is 0 Å². The zero-order valence-electron chi connectivity index (χ0n) is 12.3. The highest BCUT2D eigenvalue weighted by molar-refractivity contribution is 5.79. The topological polar surface area (TPSA) is 76.4 Å². The van der Waals surface area contributed by atoms with E-state index in [0.29, 0.717) is 6.54 Å². The minimum atomic E-state index is -0.745. The second-order valence-corrected chi connectivity index (χ2v) is 6.01. The smallest absolute Gasteiger partial charge is 0.235 e. The van der Waals surface area contributed by atoms with E-state index >= 15 is 0 Å². The molecule has 0 aromatic carbocycles. The van der Waals surface area contributed by atoms with Crippen LogP contribution in [0.3, 0.4) is 0 Å². The highest BCUT2D eigenvalue weighted by Crippen LogP contribution is 2.39. The largest absolute Gasteiger partial charge is 0.392 e. The molecule has 1 fully saturated rings. The van der Waals surface area contributed by atoms with Gasteiger partial charge >= 0.3 is 0 Å². The van der Waals surface area contributed by atoms with Crippen LogP contribution >= 0.6 is 0 Å². The van der Waals surface area contributed by atoms with Crippen molar-refractivity contribution >= 4 is 5.91 Å². The normalized spacial score (nSPS) is 19.9. The molecule has 1 aliphatic rings. The van der Waals surface area contributed by atoms with Crippen molar-refractivity contribution in [2.45, 2.75) is 58.2 Å². The number of hydrogen-bond donors (Lipinski definition) is 2. The number of nitriles is 1. The summed E-state index contributed by atoms with van der Waals surface area (Å²) in [4.78, 5) is 14.0. The third-order valence-electron chi connectivity index (χ3n) is 3.60. The van der Waals surface area contributed by atoms with E-state index in [1.807, 2.05) is 18.7 Å². The fraction of sp³-hybridized carbons (Fsp3) is 0.857. The zero-order chi connectivity index (χ0) is 14.6.